The molecule has 0 spiro atoms. The van der Waals surface area contributed by atoms with E-state index in [1.807, 2.05) is 54.6 Å². The molecule has 1 fully saturated rings. The SMILES string of the molecule is O=C(NC1CCCCC1)[C@@H](Cc1ccccc1)N(Cc1ccc(F)cc1)C(=O)CCCSc1ccc(Cl)cc1. The van der Waals surface area contributed by atoms with Gasteiger partial charge < -0.3 is 10.2 Å². The van der Waals surface area contributed by atoms with Gasteiger partial charge in [0.25, 0.3) is 0 Å². The molecule has 0 radical (unpaired) electrons. The van der Waals surface area contributed by atoms with Crippen LogP contribution in [0.3, 0.4) is 0 Å². The quantitative estimate of drug-likeness (QED) is 0.183. The van der Waals surface area contributed by atoms with E-state index in [9.17, 15) is 14.0 Å². The van der Waals surface area contributed by atoms with E-state index >= 15 is 0 Å². The lowest BCUT2D eigenvalue weighted by molar-refractivity contribution is -0.141. The van der Waals surface area contributed by atoms with Crippen LogP contribution in [-0.4, -0.2) is 34.6 Å². The third-order valence-electron chi connectivity index (χ3n) is 7.11. The van der Waals surface area contributed by atoms with Crippen molar-refractivity contribution >= 4 is 35.2 Å². The summed E-state index contributed by atoms with van der Waals surface area (Å²) >= 11 is 7.66. The predicted molar refractivity (Wildman–Crippen MR) is 157 cm³/mol. The molecular formula is C32H36ClFN2O2S. The molecule has 1 N–H and O–H groups in total. The van der Waals surface area contributed by atoms with Gasteiger partial charge >= 0.3 is 0 Å². The number of thioether (sulfide) groups is 1. The van der Waals surface area contributed by atoms with E-state index in [0.717, 1.165) is 47.5 Å². The molecule has 0 saturated heterocycles. The van der Waals surface area contributed by atoms with Crippen molar-refractivity contribution in [1.82, 2.24) is 10.2 Å². The molecule has 1 aliphatic carbocycles. The van der Waals surface area contributed by atoms with Crippen LogP contribution in [0.25, 0.3) is 0 Å². The molecule has 206 valence electrons. The summed E-state index contributed by atoms with van der Waals surface area (Å²) in [7, 11) is 0. The largest absolute Gasteiger partial charge is 0.352 e. The van der Waals surface area contributed by atoms with E-state index in [2.05, 4.69) is 5.32 Å². The molecule has 1 atom stereocenters. The third-order valence-corrected chi connectivity index (χ3v) is 8.46. The van der Waals surface area contributed by atoms with Gasteiger partial charge in [-0.25, -0.2) is 4.39 Å². The van der Waals surface area contributed by atoms with Crippen molar-refractivity contribution in [3.63, 3.8) is 0 Å². The Bertz CT molecular complexity index is 1190. The molecule has 4 rings (SSSR count). The van der Waals surface area contributed by atoms with E-state index < -0.39 is 6.04 Å². The molecule has 0 aromatic heterocycles. The summed E-state index contributed by atoms with van der Waals surface area (Å²) in [6.45, 7) is 0.249. The normalized spacial score (nSPS) is 14.5. The summed E-state index contributed by atoms with van der Waals surface area (Å²) in [5.74, 6) is 0.259. The Labute approximate surface area is 240 Å². The summed E-state index contributed by atoms with van der Waals surface area (Å²) in [5, 5.41) is 3.95. The minimum Gasteiger partial charge on any atom is -0.352 e. The van der Waals surface area contributed by atoms with Gasteiger partial charge in [-0.1, -0.05) is 73.3 Å². The van der Waals surface area contributed by atoms with Crippen molar-refractivity contribution < 1.29 is 14.0 Å². The van der Waals surface area contributed by atoms with Crippen LogP contribution in [0.15, 0.2) is 83.8 Å². The van der Waals surface area contributed by atoms with Crippen LogP contribution in [0.1, 0.15) is 56.1 Å². The second-order valence-corrected chi connectivity index (χ2v) is 11.7. The van der Waals surface area contributed by atoms with Gasteiger partial charge in [-0.2, -0.15) is 0 Å². The van der Waals surface area contributed by atoms with Crippen molar-refractivity contribution in [2.24, 2.45) is 0 Å². The van der Waals surface area contributed by atoms with Gasteiger partial charge in [0.05, 0.1) is 0 Å². The van der Waals surface area contributed by atoms with Gasteiger partial charge in [0.1, 0.15) is 11.9 Å². The van der Waals surface area contributed by atoms with Gasteiger partial charge in [0.2, 0.25) is 11.8 Å². The van der Waals surface area contributed by atoms with Crippen LogP contribution >= 0.6 is 23.4 Å². The van der Waals surface area contributed by atoms with Gasteiger partial charge in [-0.15, -0.1) is 11.8 Å². The number of hydrogen-bond acceptors (Lipinski definition) is 3. The first-order valence-corrected chi connectivity index (χ1v) is 15.1. The van der Waals surface area contributed by atoms with Crippen LogP contribution < -0.4 is 5.32 Å². The molecule has 3 aromatic carbocycles. The first kappa shape index (κ1) is 29.2. The minimum absolute atomic E-state index is 0.0734. The highest BCUT2D eigenvalue weighted by molar-refractivity contribution is 7.99. The second kappa shape index (κ2) is 15.1. The molecular weight excluding hydrogens is 531 g/mol. The Kier molecular flexibility index (Phi) is 11.3. The molecule has 39 heavy (non-hydrogen) atoms. The number of benzene rings is 3. The summed E-state index contributed by atoms with van der Waals surface area (Å²) in [6.07, 6.45) is 6.78. The number of hydrogen-bond donors (Lipinski definition) is 1. The monoisotopic (exact) mass is 566 g/mol. The highest BCUT2D eigenvalue weighted by Crippen LogP contribution is 2.23. The molecule has 0 heterocycles. The summed E-state index contributed by atoms with van der Waals surface area (Å²) in [4.78, 5) is 30.3. The van der Waals surface area contributed by atoms with Crippen LogP contribution in [0.5, 0.6) is 0 Å². The van der Waals surface area contributed by atoms with E-state index in [4.69, 9.17) is 11.6 Å². The van der Waals surface area contributed by atoms with E-state index in [1.54, 1.807) is 28.8 Å². The standard InChI is InChI=1S/C32H36ClFN2O2S/c33-26-15-19-29(20-16-26)39-21-7-12-31(37)36(23-25-13-17-27(34)18-14-25)30(22-24-8-3-1-4-9-24)32(38)35-28-10-5-2-6-11-28/h1,3-4,8-9,13-20,28,30H,2,5-7,10-12,21-23H2,(H,35,38)/t30-/m1/s1. The molecule has 3 aromatic rings. The fraction of sp³-hybridized carbons (Fsp3) is 0.375. The molecule has 4 nitrogen and oxygen atoms in total. The minimum atomic E-state index is -0.657. The van der Waals surface area contributed by atoms with E-state index in [-0.39, 0.29) is 30.2 Å². The molecule has 0 aliphatic heterocycles. The number of rotatable bonds is 12. The Hall–Kier alpha value is -2.83. The van der Waals surface area contributed by atoms with Crippen LogP contribution in [0.4, 0.5) is 4.39 Å². The van der Waals surface area contributed by atoms with Gasteiger partial charge in [0.15, 0.2) is 0 Å². The predicted octanol–water partition coefficient (Wildman–Crippen LogP) is 7.44. The Morgan fingerprint density at radius 1 is 0.923 bits per heavy atom. The zero-order valence-electron chi connectivity index (χ0n) is 22.2. The molecule has 7 heteroatoms. The number of carbonyl (C=O) groups excluding carboxylic acids is 2. The summed E-state index contributed by atoms with van der Waals surface area (Å²) in [5.41, 5.74) is 1.79. The number of halogens is 2. The smallest absolute Gasteiger partial charge is 0.243 e. The highest BCUT2D eigenvalue weighted by Gasteiger charge is 2.31. The van der Waals surface area contributed by atoms with Gasteiger partial charge in [0, 0.05) is 35.3 Å². The molecule has 1 aliphatic rings. The summed E-state index contributed by atoms with van der Waals surface area (Å²) < 4.78 is 13.6. The second-order valence-electron chi connectivity index (χ2n) is 10.1. The molecule has 1 saturated carbocycles. The number of nitrogens with one attached hydrogen (secondary N) is 1. The Morgan fingerprint density at radius 2 is 1.62 bits per heavy atom. The zero-order valence-corrected chi connectivity index (χ0v) is 23.7. The lowest BCUT2D eigenvalue weighted by Gasteiger charge is -2.33. The van der Waals surface area contributed by atoms with Crippen molar-refractivity contribution in [1.29, 1.82) is 0 Å². The maximum absolute atomic E-state index is 13.8. The Balaban J connectivity index is 1.51. The van der Waals surface area contributed by atoms with Crippen molar-refractivity contribution in [3.05, 3.63) is 101 Å². The lowest BCUT2D eigenvalue weighted by atomic mass is 9.94. The first-order valence-electron chi connectivity index (χ1n) is 13.7. The van der Waals surface area contributed by atoms with E-state index in [0.29, 0.717) is 24.3 Å². The van der Waals surface area contributed by atoms with Gasteiger partial charge in [-0.3, -0.25) is 9.59 Å². The topological polar surface area (TPSA) is 49.4 Å². The van der Waals surface area contributed by atoms with Gasteiger partial charge in [-0.05, 0) is 72.5 Å². The molecule has 0 unspecified atom stereocenters. The van der Waals surface area contributed by atoms with Crippen molar-refractivity contribution in [2.45, 2.75) is 74.9 Å². The fourth-order valence-corrected chi connectivity index (χ4v) is 5.95. The average molecular weight is 567 g/mol. The van der Waals surface area contributed by atoms with Crippen molar-refractivity contribution in [2.75, 3.05) is 5.75 Å². The fourth-order valence-electron chi connectivity index (χ4n) is 4.97. The van der Waals surface area contributed by atoms with Crippen LogP contribution in [0.2, 0.25) is 5.02 Å². The summed E-state index contributed by atoms with van der Waals surface area (Å²) in [6, 6.07) is 23.1. The molecule has 0 bridgehead atoms. The van der Waals surface area contributed by atoms with Crippen molar-refractivity contribution in [3.8, 4) is 0 Å². The first-order chi connectivity index (χ1) is 19.0. The maximum Gasteiger partial charge on any atom is 0.243 e. The number of carbonyl (C=O) groups is 2. The number of nitrogens with zero attached hydrogens (tertiary/aromatic N) is 1. The Morgan fingerprint density at radius 3 is 2.31 bits per heavy atom. The number of amides is 2. The molecule has 2 amide bonds. The highest BCUT2D eigenvalue weighted by atomic mass is 35.5. The lowest BCUT2D eigenvalue weighted by Crippen LogP contribution is -2.52. The third kappa shape index (κ3) is 9.40. The average Bonchev–Trinajstić information content (AvgIpc) is 2.96. The maximum atomic E-state index is 13.8. The zero-order chi connectivity index (χ0) is 27.5. The van der Waals surface area contributed by atoms with Crippen LogP contribution in [-0.2, 0) is 22.6 Å². The van der Waals surface area contributed by atoms with Crippen LogP contribution in [0, 0.1) is 5.82 Å². The van der Waals surface area contributed by atoms with E-state index in [1.165, 1.54) is 18.6 Å².